The molecule has 0 aliphatic rings. The highest BCUT2D eigenvalue weighted by molar-refractivity contribution is 5.87. The first-order valence-corrected chi connectivity index (χ1v) is 6.19. The minimum Gasteiger partial charge on any atom is -0.458 e. The standard InChI is InChI=1S/C17H16O2/c1-14-7-9-16(10-8-14)13-19-17(18)12-11-15-5-3-2-4-6-15/h2-12H,13H2,1H3/b12-11+. The molecule has 0 aromatic heterocycles. The molecule has 0 atom stereocenters. The third-order valence-electron chi connectivity index (χ3n) is 2.71. The average molecular weight is 252 g/mol. The molecule has 2 heteroatoms. The second kappa shape index (κ2) is 6.55. The molecule has 2 rings (SSSR count). The zero-order valence-electron chi connectivity index (χ0n) is 10.9. The van der Waals surface area contributed by atoms with Gasteiger partial charge in [0.2, 0.25) is 0 Å². The third kappa shape index (κ3) is 4.43. The number of rotatable bonds is 4. The quantitative estimate of drug-likeness (QED) is 0.612. The summed E-state index contributed by atoms with van der Waals surface area (Å²) in [5.74, 6) is -0.329. The summed E-state index contributed by atoms with van der Waals surface area (Å²) in [6, 6.07) is 17.6. The lowest BCUT2D eigenvalue weighted by Crippen LogP contribution is -2.00. The van der Waals surface area contributed by atoms with Crippen LogP contribution in [0.5, 0.6) is 0 Å². The maximum absolute atomic E-state index is 11.5. The molecule has 0 amide bonds. The van der Waals surface area contributed by atoms with E-state index in [9.17, 15) is 4.79 Å². The molecule has 0 bridgehead atoms. The summed E-state index contributed by atoms with van der Waals surface area (Å²) in [6.07, 6.45) is 3.20. The zero-order chi connectivity index (χ0) is 13.5. The van der Waals surface area contributed by atoms with E-state index in [1.165, 1.54) is 11.6 Å². The Morgan fingerprint density at radius 1 is 1.05 bits per heavy atom. The van der Waals surface area contributed by atoms with Gasteiger partial charge in [0.15, 0.2) is 0 Å². The lowest BCUT2D eigenvalue weighted by atomic mass is 10.2. The zero-order valence-corrected chi connectivity index (χ0v) is 10.9. The SMILES string of the molecule is Cc1ccc(COC(=O)/C=C/c2ccccc2)cc1. The summed E-state index contributed by atoms with van der Waals surface area (Å²) in [7, 11) is 0. The molecule has 0 radical (unpaired) electrons. The Labute approximate surface area is 113 Å². The van der Waals surface area contributed by atoms with E-state index in [1.54, 1.807) is 6.08 Å². The van der Waals surface area contributed by atoms with Crippen molar-refractivity contribution in [1.82, 2.24) is 0 Å². The van der Waals surface area contributed by atoms with Gasteiger partial charge in [0.1, 0.15) is 6.61 Å². The normalized spacial score (nSPS) is 10.6. The maximum atomic E-state index is 11.5. The van der Waals surface area contributed by atoms with Crippen LogP contribution in [0.3, 0.4) is 0 Å². The number of aryl methyl sites for hydroxylation is 1. The predicted molar refractivity (Wildman–Crippen MR) is 76.5 cm³/mol. The van der Waals surface area contributed by atoms with Crippen molar-refractivity contribution in [1.29, 1.82) is 0 Å². The molecule has 96 valence electrons. The van der Waals surface area contributed by atoms with Crippen molar-refractivity contribution >= 4 is 12.0 Å². The number of esters is 1. The number of ether oxygens (including phenoxy) is 1. The highest BCUT2D eigenvalue weighted by Crippen LogP contribution is 2.05. The molecule has 2 aromatic rings. The van der Waals surface area contributed by atoms with Gasteiger partial charge in [-0.25, -0.2) is 4.79 Å². The van der Waals surface area contributed by atoms with Crippen LogP contribution in [0.1, 0.15) is 16.7 Å². The monoisotopic (exact) mass is 252 g/mol. The van der Waals surface area contributed by atoms with Gasteiger partial charge >= 0.3 is 5.97 Å². The van der Waals surface area contributed by atoms with E-state index in [1.807, 2.05) is 61.5 Å². The van der Waals surface area contributed by atoms with Crippen molar-refractivity contribution in [3.63, 3.8) is 0 Å². The molecule has 0 aliphatic carbocycles. The number of hydrogen-bond acceptors (Lipinski definition) is 2. The summed E-state index contributed by atoms with van der Waals surface area (Å²) in [4.78, 5) is 11.5. The first-order chi connectivity index (χ1) is 9.24. The maximum Gasteiger partial charge on any atom is 0.331 e. The minimum atomic E-state index is -0.329. The predicted octanol–water partition coefficient (Wildman–Crippen LogP) is 3.75. The van der Waals surface area contributed by atoms with Crippen LogP contribution >= 0.6 is 0 Å². The first-order valence-electron chi connectivity index (χ1n) is 6.19. The Morgan fingerprint density at radius 3 is 2.42 bits per heavy atom. The number of carbonyl (C=O) groups excluding carboxylic acids is 1. The topological polar surface area (TPSA) is 26.3 Å². The van der Waals surface area contributed by atoms with Crippen molar-refractivity contribution in [2.24, 2.45) is 0 Å². The van der Waals surface area contributed by atoms with Gasteiger partial charge in [0.25, 0.3) is 0 Å². The lowest BCUT2D eigenvalue weighted by Gasteiger charge is -2.02. The molecule has 0 fully saturated rings. The summed E-state index contributed by atoms with van der Waals surface area (Å²) < 4.78 is 5.16. The Hall–Kier alpha value is -2.35. The molecule has 0 heterocycles. The Morgan fingerprint density at radius 2 is 1.74 bits per heavy atom. The Balaban J connectivity index is 1.85. The highest BCUT2D eigenvalue weighted by Gasteiger charge is 1.98. The molecule has 0 N–H and O–H groups in total. The van der Waals surface area contributed by atoms with Gasteiger partial charge in [-0.05, 0) is 24.1 Å². The van der Waals surface area contributed by atoms with Crippen molar-refractivity contribution in [3.05, 3.63) is 77.4 Å². The Kier molecular flexibility index (Phi) is 4.51. The fourth-order valence-corrected chi connectivity index (χ4v) is 1.62. The van der Waals surface area contributed by atoms with Gasteiger partial charge in [-0.3, -0.25) is 0 Å². The smallest absolute Gasteiger partial charge is 0.331 e. The molecule has 0 spiro atoms. The molecule has 0 unspecified atom stereocenters. The van der Waals surface area contributed by atoms with Crippen LogP contribution in [0, 0.1) is 6.92 Å². The molecule has 0 saturated carbocycles. The molecule has 0 aliphatic heterocycles. The van der Waals surface area contributed by atoms with Gasteiger partial charge in [-0.2, -0.15) is 0 Å². The van der Waals surface area contributed by atoms with Crippen LogP contribution in [0.2, 0.25) is 0 Å². The van der Waals surface area contributed by atoms with E-state index in [0.717, 1.165) is 11.1 Å². The highest BCUT2D eigenvalue weighted by atomic mass is 16.5. The van der Waals surface area contributed by atoms with Crippen LogP contribution < -0.4 is 0 Å². The van der Waals surface area contributed by atoms with Crippen LogP contribution in [-0.4, -0.2) is 5.97 Å². The minimum absolute atomic E-state index is 0.304. The molecule has 2 nitrogen and oxygen atoms in total. The first kappa shape index (κ1) is 13.1. The van der Waals surface area contributed by atoms with Crippen LogP contribution in [0.15, 0.2) is 60.7 Å². The summed E-state index contributed by atoms with van der Waals surface area (Å²) in [6.45, 7) is 2.33. The number of benzene rings is 2. The van der Waals surface area contributed by atoms with Crippen LogP contribution in [-0.2, 0) is 16.1 Å². The fraction of sp³-hybridized carbons (Fsp3) is 0.118. The molecule has 2 aromatic carbocycles. The van der Waals surface area contributed by atoms with Gasteiger partial charge in [0.05, 0.1) is 0 Å². The van der Waals surface area contributed by atoms with E-state index in [0.29, 0.717) is 6.61 Å². The average Bonchev–Trinajstić information content (AvgIpc) is 2.45. The number of hydrogen-bond donors (Lipinski definition) is 0. The van der Waals surface area contributed by atoms with Gasteiger partial charge in [-0.1, -0.05) is 60.2 Å². The van der Waals surface area contributed by atoms with Crippen molar-refractivity contribution in [2.75, 3.05) is 0 Å². The number of carbonyl (C=O) groups is 1. The van der Waals surface area contributed by atoms with E-state index < -0.39 is 0 Å². The van der Waals surface area contributed by atoms with E-state index >= 15 is 0 Å². The van der Waals surface area contributed by atoms with E-state index in [-0.39, 0.29) is 5.97 Å². The summed E-state index contributed by atoms with van der Waals surface area (Å²) in [5, 5.41) is 0. The van der Waals surface area contributed by atoms with Gasteiger partial charge in [0, 0.05) is 6.08 Å². The molecular formula is C17H16O2. The summed E-state index contributed by atoms with van der Waals surface area (Å²) >= 11 is 0. The summed E-state index contributed by atoms with van der Waals surface area (Å²) in [5.41, 5.74) is 3.17. The van der Waals surface area contributed by atoms with E-state index in [4.69, 9.17) is 4.74 Å². The molecule has 19 heavy (non-hydrogen) atoms. The lowest BCUT2D eigenvalue weighted by molar-refractivity contribution is -0.138. The largest absolute Gasteiger partial charge is 0.458 e. The van der Waals surface area contributed by atoms with Crippen LogP contribution in [0.4, 0.5) is 0 Å². The van der Waals surface area contributed by atoms with Gasteiger partial charge < -0.3 is 4.74 Å². The molecular weight excluding hydrogens is 236 g/mol. The van der Waals surface area contributed by atoms with Crippen molar-refractivity contribution < 1.29 is 9.53 Å². The van der Waals surface area contributed by atoms with E-state index in [2.05, 4.69) is 0 Å². The van der Waals surface area contributed by atoms with Crippen LogP contribution in [0.25, 0.3) is 6.08 Å². The second-order valence-electron chi connectivity index (χ2n) is 4.34. The fourth-order valence-electron chi connectivity index (χ4n) is 1.62. The van der Waals surface area contributed by atoms with Gasteiger partial charge in [-0.15, -0.1) is 0 Å². The van der Waals surface area contributed by atoms with Crippen molar-refractivity contribution in [2.45, 2.75) is 13.5 Å². The Bertz CT molecular complexity index is 554. The third-order valence-corrected chi connectivity index (χ3v) is 2.71. The van der Waals surface area contributed by atoms with Crippen molar-refractivity contribution in [3.8, 4) is 0 Å². The second-order valence-corrected chi connectivity index (χ2v) is 4.34. The molecule has 0 saturated heterocycles.